The molecule has 5 aromatic rings. The monoisotopic (exact) mass is 649 g/mol. The molecule has 248 valence electrons. The van der Waals surface area contributed by atoms with Crippen molar-refractivity contribution >= 4 is 11.6 Å². The first kappa shape index (κ1) is 32.4. The van der Waals surface area contributed by atoms with Crippen molar-refractivity contribution in [1.82, 2.24) is 19.9 Å². The summed E-state index contributed by atoms with van der Waals surface area (Å²) >= 11 is 0. The van der Waals surface area contributed by atoms with Crippen LogP contribution in [0.1, 0.15) is 32.7 Å². The van der Waals surface area contributed by atoms with Gasteiger partial charge in [0.2, 0.25) is 0 Å². The van der Waals surface area contributed by atoms with E-state index in [0.29, 0.717) is 34.2 Å². The Morgan fingerprint density at radius 3 is 2.25 bits per heavy atom. The Kier molecular flexibility index (Phi) is 10.1. The summed E-state index contributed by atoms with van der Waals surface area (Å²) in [5.74, 6) is 2.78. The summed E-state index contributed by atoms with van der Waals surface area (Å²) in [5, 5.41) is 11.5. The molecule has 11 heteroatoms. The summed E-state index contributed by atoms with van der Waals surface area (Å²) in [6.45, 7) is 3.02. The van der Waals surface area contributed by atoms with Crippen LogP contribution in [0.3, 0.4) is 0 Å². The fraction of sp³-hybridized carbons (Fsp3) is 0.270. The number of hydrogen-bond acceptors (Lipinski definition) is 9. The quantitative estimate of drug-likeness (QED) is 0.171. The summed E-state index contributed by atoms with van der Waals surface area (Å²) in [4.78, 5) is 15.6. The van der Waals surface area contributed by atoms with Crippen molar-refractivity contribution in [2.45, 2.75) is 26.0 Å². The molecular weight excluding hydrogens is 610 g/mol. The van der Waals surface area contributed by atoms with E-state index >= 15 is 0 Å². The van der Waals surface area contributed by atoms with Crippen molar-refractivity contribution in [1.29, 1.82) is 0 Å². The van der Waals surface area contributed by atoms with Gasteiger partial charge in [0, 0.05) is 31.4 Å². The van der Waals surface area contributed by atoms with E-state index in [1.165, 1.54) is 16.7 Å². The maximum atomic E-state index is 13.1. The smallest absolute Gasteiger partial charge is 0.259 e. The lowest BCUT2D eigenvalue weighted by Crippen LogP contribution is -2.32. The largest absolute Gasteiger partial charge is 0.493 e. The summed E-state index contributed by atoms with van der Waals surface area (Å²) in [6.07, 6.45) is 3.76. The number of benzene rings is 4. The molecule has 0 saturated carbocycles. The zero-order chi connectivity index (χ0) is 33.5. The number of nitrogens with one attached hydrogen (secondary N) is 1. The highest BCUT2D eigenvalue weighted by Gasteiger charge is 2.20. The minimum atomic E-state index is -0.312. The lowest BCUT2D eigenvalue weighted by atomic mass is 9.98. The van der Waals surface area contributed by atoms with E-state index < -0.39 is 0 Å². The highest BCUT2D eigenvalue weighted by atomic mass is 16.5. The van der Waals surface area contributed by atoms with E-state index in [1.54, 1.807) is 69.5 Å². The number of rotatable bonds is 13. The molecule has 2 heterocycles. The van der Waals surface area contributed by atoms with Gasteiger partial charge in [0.25, 0.3) is 5.91 Å². The molecule has 0 spiro atoms. The maximum absolute atomic E-state index is 13.1. The second-order valence-electron chi connectivity index (χ2n) is 11.4. The zero-order valence-electron chi connectivity index (χ0n) is 27.6. The molecule has 1 aliphatic heterocycles. The van der Waals surface area contributed by atoms with Crippen LogP contribution in [-0.2, 0) is 26.0 Å². The molecule has 0 fully saturated rings. The van der Waals surface area contributed by atoms with Crippen molar-refractivity contribution in [2.75, 3.05) is 46.8 Å². The summed E-state index contributed by atoms with van der Waals surface area (Å²) < 4.78 is 29.4. The molecule has 0 atom stereocenters. The number of aromatic nitrogens is 3. The van der Waals surface area contributed by atoms with Crippen LogP contribution in [-0.4, -0.2) is 67.3 Å². The molecule has 1 N–H and O–H groups in total. The number of amides is 1. The Bertz CT molecular complexity index is 1870. The maximum Gasteiger partial charge on any atom is 0.259 e. The first-order valence-corrected chi connectivity index (χ1v) is 15.7. The number of anilines is 1. The number of ether oxygens (including phenoxy) is 5. The van der Waals surface area contributed by atoms with Gasteiger partial charge in [-0.25, -0.2) is 4.68 Å². The molecular formula is C37H39N5O6. The minimum Gasteiger partial charge on any atom is -0.493 e. The molecule has 48 heavy (non-hydrogen) atoms. The number of carbonyl (C=O) groups is 1. The van der Waals surface area contributed by atoms with Crippen molar-refractivity contribution in [3.63, 3.8) is 0 Å². The van der Waals surface area contributed by atoms with E-state index in [2.05, 4.69) is 44.8 Å². The Balaban J connectivity index is 1.03. The lowest BCUT2D eigenvalue weighted by Gasteiger charge is -2.29. The predicted molar refractivity (Wildman–Crippen MR) is 182 cm³/mol. The predicted octanol–water partition coefficient (Wildman–Crippen LogP) is 5.73. The third-order valence-corrected chi connectivity index (χ3v) is 8.40. The molecule has 11 nitrogen and oxygen atoms in total. The lowest BCUT2D eigenvalue weighted by molar-refractivity contribution is 0.102. The molecule has 4 aromatic carbocycles. The minimum absolute atomic E-state index is 0.149. The Morgan fingerprint density at radius 2 is 1.50 bits per heavy atom. The van der Waals surface area contributed by atoms with Gasteiger partial charge in [-0.3, -0.25) is 9.69 Å². The van der Waals surface area contributed by atoms with Crippen LogP contribution in [0.2, 0.25) is 0 Å². The number of para-hydroxylation sites is 1. The standard InChI is InChI=1S/C37H39N5O6/c1-44-33-14-11-28(21-36(33)47-4)38-37(43)31-7-5-6-8-32(31)48-24-29-23-42(40-39-29)30-12-9-25(10-13-30)15-17-41-18-16-26-19-34(45-2)35(46-3)20-27(26)22-41/h5-14,19-21,23H,15-18,22,24H2,1-4H3,(H,38,43). The number of methoxy groups -OCH3 is 4. The first-order chi connectivity index (χ1) is 23.5. The van der Waals surface area contributed by atoms with Gasteiger partial charge in [-0.05, 0) is 78.1 Å². The molecule has 6 rings (SSSR count). The van der Waals surface area contributed by atoms with Crippen LogP contribution in [0, 0.1) is 0 Å². The van der Waals surface area contributed by atoms with Crippen molar-refractivity contribution in [3.8, 4) is 34.4 Å². The van der Waals surface area contributed by atoms with E-state index in [0.717, 1.165) is 49.7 Å². The van der Waals surface area contributed by atoms with Crippen molar-refractivity contribution in [2.24, 2.45) is 0 Å². The summed E-state index contributed by atoms with van der Waals surface area (Å²) in [5.41, 5.74) is 6.37. The molecule has 0 unspecified atom stereocenters. The zero-order valence-corrected chi connectivity index (χ0v) is 27.6. The average Bonchev–Trinajstić information content (AvgIpc) is 3.61. The van der Waals surface area contributed by atoms with E-state index in [4.69, 9.17) is 23.7 Å². The molecule has 0 saturated heterocycles. The molecule has 0 radical (unpaired) electrons. The van der Waals surface area contributed by atoms with Gasteiger partial charge in [0.15, 0.2) is 23.0 Å². The number of fused-ring (bicyclic) bond motifs is 1. The van der Waals surface area contributed by atoms with Crippen LogP contribution in [0.5, 0.6) is 28.7 Å². The normalized spacial score (nSPS) is 12.6. The molecule has 0 aliphatic carbocycles. The van der Waals surface area contributed by atoms with Crippen LogP contribution in [0.25, 0.3) is 5.69 Å². The van der Waals surface area contributed by atoms with Gasteiger partial charge in [-0.2, -0.15) is 0 Å². The summed E-state index contributed by atoms with van der Waals surface area (Å²) in [7, 11) is 6.46. The van der Waals surface area contributed by atoms with Crippen molar-refractivity contribution in [3.05, 3.63) is 113 Å². The van der Waals surface area contributed by atoms with Crippen LogP contribution in [0.15, 0.2) is 85.1 Å². The van der Waals surface area contributed by atoms with Crippen molar-refractivity contribution < 1.29 is 28.5 Å². The number of carbonyl (C=O) groups excluding carboxylic acids is 1. The average molecular weight is 650 g/mol. The SMILES string of the molecule is COc1ccc(NC(=O)c2ccccc2OCc2cn(-c3ccc(CCN4CCc5cc(OC)c(OC)cc5C4)cc3)nn2)cc1OC. The highest BCUT2D eigenvalue weighted by molar-refractivity contribution is 6.06. The van der Waals surface area contributed by atoms with Gasteiger partial charge >= 0.3 is 0 Å². The van der Waals surface area contributed by atoms with Crippen LogP contribution >= 0.6 is 0 Å². The topological polar surface area (TPSA) is 109 Å². The van der Waals surface area contributed by atoms with E-state index in [-0.39, 0.29) is 12.5 Å². The highest BCUT2D eigenvalue weighted by Crippen LogP contribution is 2.33. The van der Waals surface area contributed by atoms with Gasteiger partial charge in [0.05, 0.1) is 45.9 Å². The van der Waals surface area contributed by atoms with Gasteiger partial charge in [-0.1, -0.05) is 29.5 Å². The fourth-order valence-electron chi connectivity index (χ4n) is 5.77. The van der Waals surface area contributed by atoms with E-state index in [9.17, 15) is 4.79 Å². The number of nitrogens with zero attached hydrogens (tertiary/aromatic N) is 4. The molecule has 1 amide bonds. The second kappa shape index (κ2) is 14.9. The summed E-state index contributed by atoms with van der Waals surface area (Å²) in [6, 6.07) is 24.8. The third-order valence-electron chi connectivity index (χ3n) is 8.40. The first-order valence-electron chi connectivity index (χ1n) is 15.7. The van der Waals surface area contributed by atoms with E-state index in [1.807, 2.05) is 24.4 Å². The second-order valence-corrected chi connectivity index (χ2v) is 11.4. The molecule has 1 aliphatic rings. The van der Waals surface area contributed by atoms with Gasteiger partial charge in [-0.15, -0.1) is 5.10 Å². The Morgan fingerprint density at radius 1 is 0.792 bits per heavy atom. The van der Waals surface area contributed by atoms with Gasteiger partial charge in [0.1, 0.15) is 18.1 Å². The van der Waals surface area contributed by atoms with Crippen LogP contribution in [0.4, 0.5) is 5.69 Å². The fourth-order valence-corrected chi connectivity index (χ4v) is 5.77. The van der Waals surface area contributed by atoms with Gasteiger partial charge < -0.3 is 29.0 Å². The third kappa shape index (κ3) is 7.37. The molecule has 1 aromatic heterocycles. The Labute approximate surface area is 280 Å². The van der Waals surface area contributed by atoms with Crippen LogP contribution < -0.4 is 29.0 Å². The molecule has 0 bridgehead atoms. The Hall–Kier alpha value is -5.55. The number of hydrogen-bond donors (Lipinski definition) is 1.